The van der Waals surface area contributed by atoms with Crippen LogP contribution in [0.15, 0.2) is 65.7 Å². The van der Waals surface area contributed by atoms with Crippen LogP contribution in [-0.4, -0.2) is 27.9 Å². The van der Waals surface area contributed by atoms with Gasteiger partial charge in [-0.3, -0.25) is 9.78 Å². The zero-order valence-corrected chi connectivity index (χ0v) is 14.7. The molecule has 1 aromatic carbocycles. The summed E-state index contributed by atoms with van der Waals surface area (Å²) in [6.45, 7) is 2.69. The van der Waals surface area contributed by atoms with Crippen molar-refractivity contribution < 1.29 is 0 Å². The molecule has 0 bridgehead atoms. The lowest BCUT2D eigenvalue weighted by Crippen LogP contribution is -2.29. The number of anilines is 1. The van der Waals surface area contributed by atoms with Crippen molar-refractivity contribution >= 4 is 5.69 Å². The summed E-state index contributed by atoms with van der Waals surface area (Å²) < 4.78 is 1.49. The Balaban J connectivity index is 1.57. The molecule has 0 aliphatic carbocycles. The lowest BCUT2D eigenvalue weighted by Gasteiger charge is -2.28. The summed E-state index contributed by atoms with van der Waals surface area (Å²) in [4.78, 5) is 18.7. The summed E-state index contributed by atoms with van der Waals surface area (Å²) in [5, 5.41) is 4.54. The molecule has 4 rings (SSSR count). The van der Waals surface area contributed by atoms with Gasteiger partial charge in [-0.05, 0) is 49.1 Å². The van der Waals surface area contributed by atoms with Crippen LogP contribution in [0.2, 0.25) is 0 Å². The highest BCUT2D eigenvalue weighted by atomic mass is 16.1. The number of aromatic nitrogens is 3. The molecule has 0 radical (unpaired) electrons. The minimum Gasteiger partial charge on any atom is -0.372 e. The molecule has 1 fully saturated rings. The molecule has 0 amide bonds. The van der Waals surface area contributed by atoms with E-state index in [1.54, 1.807) is 24.5 Å². The number of pyridine rings is 1. The Morgan fingerprint density at radius 2 is 1.73 bits per heavy atom. The quantitative estimate of drug-likeness (QED) is 0.727. The first-order valence-electron chi connectivity index (χ1n) is 9.12. The summed E-state index contributed by atoms with van der Waals surface area (Å²) in [6, 6.07) is 15.7. The van der Waals surface area contributed by atoms with Crippen molar-refractivity contribution in [1.29, 1.82) is 0 Å². The van der Waals surface area contributed by atoms with E-state index in [4.69, 9.17) is 0 Å². The van der Waals surface area contributed by atoms with Crippen LogP contribution in [0, 0.1) is 0 Å². The van der Waals surface area contributed by atoms with Gasteiger partial charge in [-0.15, -0.1) is 0 Å². The van der Waals surface area contributed by atoms with Gasteiger partial charge in [-0.25, -0.2) is 4.68 Å². The van der Waals surface area contributed by atoms with Gasteiger partial charge in [-0.2, -0.15) is 5.10 Å². The third-order valence-electron chi connectivity index (χ3n) is 4.81. The second kappa shape index (κ2) is 7.52. The average molecular weight is 346 g/mol. The topological polar surface area (TPSA) is 51.0 Å². The highest BCUT2D eigenvalue weighted by Gasteiger charge is 2.11. The monoisotopic (exact) mass is 346 g/mol. The van der Waals surface area contributed by atoms with E-state index in [0.29, 0.717) is 6.54 Å². The molecule has 3 aromatic rings. The van der Waals surface area contributed by atoms with E-state index >= 15 is 0 Å². The van der Waals surface area contributed by atoms with Gasteiger partial charge in [0.05, 0.1) is 12.2 Å². The maximum Gasteiger partial charge on any atom is 0.267 e. The number of hydrogen-bond acceptors (Lipinski definition) is 4. The molecule has 0 atom stereocenters. The standard InChI is InChI=1S/C21H22N4O/c26-21-11-10-20(23-25(21)16-17-5-4-12-22-15-17)18-6-8-19(9-7-18)24-13-2-1-3-14-24/h4-12,15H,1-3,13-14,16H2. The van der Waals surface area contributed by atoms with E-state index in [0.717, 1.165) is 29.9 Å². The zero-order chi connectivity index (χ0) is 17.8. The number of piperidine rings is 1. The molecule has 132 valence electrons. The Hall–Kier alpha value is -2.95. The predicted molar refractivity (Wildman–Crippen MR) is 103 cm³/mol. The van der Waals surface area contributed by atoms with E-state index in [2.05, 4.69) is 39.2 Å². The summed E-state index contributed by atoms with van der Waals surface area (Å²) in [5.41, 5.74) is 3.93. The lowest BCUT2D eigenvalue weighted by molar-refractivity contribution is 0.578. The van der Waals surface area contributed by atoms with E-state index in [1.807, 2.05) is 12.1 Å². The first-order valence-corrected chi connectivity index (χ1v) is 9.12. The van der Waals surface area contributed by atoms with Gasteiger partial charge in [0.1, 0.15) is 0 Å². The highest BCUT2D eigenvalue weighted by molar-refractivity contribution is 5.62. The molecule has 1 aliphatic heterocycles. The van der Waals surface area contributed by atoms with E-state index in [-0.39, 0.29) is 5.56 Å². The number of rotatable bonds is 4. The second-order valence-electron chi connectivity index (χ2n) is 6.67. The summed E-state index contributed by atoms with van der Waals surface area (Å²) >= 11 is 0. The van der Waals surface area contributed by atoms with Gasteiger partial charge in [0.25, 0.3) is 5.56 Å². The second-order valence-corrected chi connectivity index (χ2v) is 6.67. The summed E-state index contributed by atoms with van der Waals surface area (Å²) in [6.07, 6.45) is 7.34. The average Bonchev–Trinajstić information content (AvgIpc) is 2.71. The van der Waals surface area contributed by atoms with Gasteiger partial charge in [-0.1, -0.05) is 18.2 Å². The lowest BCUT2D eigenvalue weighted by atomic mass is 10.1. The van der Waals surface area contributed by atoms with Crippen LogP contribution in [0.25, 0.3) is 11.3 Å². The van der Waals surface area contributed by atoms with E-state index < -0.39 is 0 Å². The van der Waals surface area contributed by atoms with Crippen LogP contribution in [0.3, 0.4) is 0 Å². The Morgan fingerprint density at radius 3 is 2.46 bits per heavy atom. The molecule has 0 unspecified atom stereocenters. The van der Waals surface area contributed by atoms with Crippen LogP contribution >= 0.6 is 0 Å². The molecule has 5 nitrogen and oxygen atoms in total. The summed E-state index contributed by atoms with van der Waals surface area (Å²) in [7, 11) is 0. The molecule has 2 aromatic heterocycles. The Kier molecular flexibility index (Phi) is 4.78. The third kappa shape index (κ3) is 3.67. The van der Waals surface area contributed by atoms with Crippen LogP contribution in [-0.2, 0) is 6.54 Å². The molecule has 1 aliphatic rings. The molecule has 0 saturated carbocycles. The largest absolute Gasteiger partial charge is 0.372 e. The normalized spacial score (nSPS) is 14.4. The molecule has 26 heavy (non-hydrogen) atoms. The SMILES string of the molecule is O=c1ccc(-c2ccc(N3CCCCC3)cc2)nn1Cc1cccnc1. The maximum absolute atomic E-state index is 12.1. The highest BCUT2D eigenvalue weighted by Crippen LogP contribution is 2.23. The first kappa shape index (κ1) is 16.5. The van der Waals surface area contributed by atoms with Crippen molar-refractivity contribution in [3.8, 4) is 11.3 Å². The van der Waals surface area contributed by atoms with E-state index in [9.17, 15) is 4.79 Å². The number of hydrogen-bond donors (Lipinski definition) is 0. The molecule has 5 heteroatoms. The fraction of sp³-hybridized carbons (Fsp3) is 0.286. The number of benzene rings is 1. The van der Waals surface area contributed by atoms with Gasteiger partial charge < -0.3 is 4.90 Å². The van der Waals surface area contributed by atoms with Crippen molar-refractivity contribution in [2.45, 2.75) is 25.8 Å². The molecule has 1 saturated heterocycles. The van der Waals surface area contributed by atoms with Gasteiger partial charge in [0.15, 0.2) is 0 Å². The Labute approximate surface area is 152 Å². The minimum atomic E-state index is -0.109. The van der Waals surface area contributed by atoms with Crippen molar-refractivity contribution in [3.05, 3.63) is 76.8 Å². The summed E-state index contributed by atoms with van der Waals surface area (Å²) in [5.74, 6) is 0. The van der Waals surface area contributed by atoms with Crippen molar-refractivity contribution in [1.82, 2.24) is 14.8 Å². The van der Waals surface area contributed by atoms with Gasteiger partial charge in [0, 0.05) is 42.8 Å². The van der Waals surface area contributed by atoms with E-state index in [1.165, 1.54) is 29.6 Å². The fourth-order valence-corrected chi connectivity index (χ4v) is 3.38. The van der Waals surface area contributed by atoms with Crippen LogP contribution in [0.1, 0.15) is 24.8 Å². The van der Waals surface area contributed by atoms with Crippen LogP contribution in [0.5, 0.6) is 0 Å². The molecular formula is C21H22N4O. The Bertz CT molecular complexity index is 913. The van der Waals surface area contributed by atoms with Crippen LogP contribution in [0.4, 0.5) is 5.69 Å². The van der Waals surface area contributed by atoms with Crippen molar-refractivity contribution in [2.75, 3.05) is 18.0 Å². The minimum absolute atomic E-state index is 0.109. The molecule has 0 N–H and O–H groups in total. The predicted octanol–water partition coefficient (Wildman–Crippen LogP) is 3.34. The third-order valence-corrected chi connectivity index (χ3v) is 4.81. The van der Waals surface area contributed by atoms with Crippen molar-refractivity contribution in [2.24, 2.45) is 0 Å². The van der Waals surface area contributed by atoms with Crippen molar-refractivity contribution in [3.63, 3.8) is 0 Å². The van der Waals surface area contributed by atoms with Gasteiger partial charge in [0.2, 0.25) is 0 Å². The molecule has 3 heterocycles. The number of nitrogens with zero attached hydrogens (tertiary/aromatic N) is 4. The Morgan fingerprint density at radius 1 is 0.923 bits per heavy atom. The smallest absolute Gasteiger partial charge is 0.267 e. The zero-order valence-electron chi connectivity index (χ0n) is 14.7. The fourth-order valence-electron chi connectivity index (χ4n) is 3.38. The maximum atomic E-state index is 12.1. The van der Waals surface area contributed by atoms with Gasteiger partial charge >= 0.3 is 0 Å². The molecular weight excluding hydrogens is 324 g/mol. The van der Waals surface area contributed by atoms with Crippen LogP contribution < -0.4 is 10.5 Å². The first-order chi connectivity index (χ1) is 12.8. The molecule has 0 spiro atoms.